The fourth-order valence-electron chi connectivity index (χ4n) is 3.69. The zero-order valence-electron chi connectivity index (χ0n) is 15.5. The van der Waals surface area contributed by atoms with Crippen LogP contribution in [0.4, 0.5) is 0 Å². The normalized spacial score (nSPS) is 13.4. The summed E-state index contributed by atoms with van der Waals surface area (Å²) in [5.74, 6) is -0.477. The molecule has 0 N–H and O–H groups in total. The van der Waals surface area contributed by atoms with Crippen molar-refractivity contribution in [2.24, 2.45) is 0 Å². The molecule has 142 valence electrons. The van der Waals surface area contributed by atoms with Crippen LogP contribution in [0, 0.1) is 0 Å². The number of allylic oxidation sites excluding steroid dienone is 1. The molecule has 0 atom stereocenters. The maximum Gasteiger partial charge on any atom is 0.197 e. The molecule has 0 spiro atoms. The number of hydrogen-bond donors (Lipinski definition) is 0. The molecule has 2 aromatic heterocycles. The van der Waals surface area contributed by atoms with Crippen molar-refractivity contribution in [1.82, 2.24) is 9.97 Å². The van der Waals surface area contributed by atoms with Crippen molar-refractivity contribution in [1.29, 1.82) is 0 Å². The quantitative estimate of drug-likeness (QED) is 0.256. The maximum atomic E-state index is 12.9. The molecule has 2 heterocycles. The highest BCUT2D eigenvalue weighted by atomic mass is 32.1. The molecule has 0 radical (unpaired) electrons. The van der Waals surface area contributed by atoms with E-state index >= 15 is 0 Å². The summed E-state index contributed by atoms with van der Waals surface area (Å²) < 4.78 is 0. The van der Waals surface area contributed by atoms with Crippen LogP contribution in [0.3, 0.4) is 0 Å². The summed E-state index contributed by atoms with van der Waals surface area (Å²) >= 11 is 2.90. The Kier molecular flexibility index (Phi) is 3.78. The third-order valence-electron chi connectivity index (χ3n) is 5.15. The minimum atomic E-state index is -0.239. The van der Waals surface area contributed by atoms with Crippen LogP contribution in [0.25, 0.3) is 37.1 Å². The van der Waals surface area contributed by atoms with Gasteiger partial charge in [0.1, 0.15) is 10.0 Å². The van der Waals surface area contributed by atoms with E-state index in [-0.39, 0.29) is 17.1 Å². The molecule has 6 rings (SSSR count). The number of Topliss-reactive ketones (excluding diaryl/α,β-unsaturated/α-hetero) is 2. The van der Waals surface area contributed by atoms with Gasteiger partial charge in [-0.3, -0.25) is 9.59 Å². The van der Waals surface area contributed by atoms with Crippen molar-refractivity contribution in [3.05, 3.63) is 88.4 Å². The van der Waals surface area contributed by atoms with Crippen LogP contribution in [0.1, 0.15) is 25.7 Å². The van der Waals surface area contributed by atoms with E-state index in [2.05, 4.69) is 9.97 Å². The Hall–Kier alpha value is -3.48. The number of fused-ring (bicyclic) bond motifs is 3. The van der Waals surface area contributed by atoms with Crippen LogP contribution in [0.2, 0.25) is 0 Å². The summed E-state index contributed by atoms with van der Waals surface area (Å²) in [5, 5.41) is 3.44. The van der Waals surface area contributed by atoms with Crippen LogP contribution >= 0.6 is 22.7 Å². The SMILES string of the molecule is O=C1C(=Cc2nc3sc(-c4ccccc4)nc3s2)C(=O)c2cc3ccccc3cc21. The van der Waals surface area contributed by atoms with Crippen molar-refractivity contribution >= 4 is 60.7 Å². The number of nitrogens with zero attached hydrogens (tertiary/aromatic N) is 2. The number of carbonyl (C=O) groups excluding carboxylic acids is 2. The largest absolute Gasteiger partial charge is 0.288 e. The van der Waals surface area contributed by atoms with Gasteiger partial charge in [-0.15, -0.1) is 0 Å². The van der Waals surface area contributed by atoms with E-state index in [1.54, 1.807) is 18.2 Å². The van der Waals surface area contributed by atoms with E-state index in [4.69, 9.17) is 0 Å². The molecule has 0 fully saturated rings. The molecule has 3 aromatic carbocycles. The van der Waals surface area contributed by atoms with Crippen molar-refractivity contribution in [3.8, 4) is 10.6 Å². The molecule has 1 aliphatic rings. The summed E-state index contributed by atoms with van der Waals surface area (Å²) in [6.45, 7) is 0. The lowest BCUT2D eigenvalue weighted by Crippen LogP contribution is -1.99. The smallest absolute Gasteiger partial charge is 0.197 e. The monoisotopic (exact) mass is 424 g/mol. The zero-order chi connectivity index (χ0) is 20.2. The molecule has 0 aliphatic heterocycles. The average molecular weight is 425 g/mol. The molecule has 0 saturated carbocycles. The van der Waals surface area contributed by atoms with Crippen molar-refractivity contribution in [2.75, 3.05) is 0 Å². The Balaban J connectivity index is 1.39. The average Bonchev–Trinajstić information content (AvgIpc) is 3.41. The van der Waals surface area contributed by atoms with Gasteiger partial charge in [-0.2, -0.15) is 0 Å². The van der Waals surface area contributed by atoms with E-state index < -0.39 is 0 Å². The molecule has 0 unspecified atom stereocenters. The number of carbonyl (C=O) groups is 2. The summed E-state index contributed by atoms with van der Waals surface area (Å²) in [6.07, 6.45) is 1.61. The lowest BCUT2D eigenvalue weighted by molar-refractivity contribution is 0.0990. The van der Waals surface area contributed by atoms with E-state index in [1.807, 2.05) is 54.6 Å². The first-order chi connectivity index (χ1) is 14.7. The van der Waals surface area contributed by atoms with Gasteiger partial charge in [0.25, 0.3) is 0 Å². The fraction of sp³-hybridized carbons (Fsp3) is 0. The Labute approximate surface area is 179 Å². The number of ketones is 2. The highest BCUT2D eigenvalue weighted by molar-refractivity contribution is 7.28. The summed E-state index contributed by atoms with van der Waals surface area (Å²) in [7, 11) is 0. The summed E-state index contributed by atoms with van der Waals surface area (Å²) in [5.41, 5.74) is 2.15. The first-order valence-electron chi connectivity index (χ1n) is 9.34. The van der Waals surface area contributed by atoms with Crippen molar-refractivity contribution in [3.63, 3.8) is 0 Å². The van der Waals surface area contributed by atoms with Crippen LogP contribution in [-0.4, -0.2) is 21.5 Å². The van der Waals surface area contributed by atoms with Gasteiger partial charge < -0.3 is 0 Å². The van der Waals surface area contributed by atoms with Gasteiger partial charge in [0.15, 0.2) is 21.2 Å². The predicted octanol–water partition coefficient (Wildman–Crippen LogP) is 6.04. The standard InChI is InChI=1S/C24H12N2O2S2/c27-20-16-10-14-8-4-5-9-15(14)11-17(16)21(28)18(20)12-19-25-23-24(29-19)26-22(30-23)13-6-2-1-3-7-13/h1-12H. The summed E-state index contributed by atoms with van der Waals surface area (Å²) in [6, 6.07) is 21.3. The second-order valence-corrected chi connectivity index (χ2v) is 9.00. The van der Waals surface area contributed by atoms with Gasteiger partial charge >= 0.3 is 0 Å². The minimum Gasteiger partial charge on any atom is -0.288 e. The van der Waals surface area contributed by atoms with E-state index in [1.165, 1.54) is 22.7 Å². The van der Waals surface area contributed by atoms with Gasteiger partial charge in [0.2, 0.25) is 0 Å². The lowest BCUT2D eigenvalue weighted by atomic mass is 10.0. The molecule has 30 heavy (non-hydrogen) atoms. The fourth-order valence-corrected chi connectivity index (χ4v) is 5.69. The van der Waals surface area contributed by atoms with Gasteiger partial charge in [0.05, 0.1) is 5.57 Å². The van der Waals surface area contributed by atoms with Crippen molar-refractivity contribution < 1.29 is 9.59 Å². The van der Waals surface area contributed by atoms with Crippen molar-refractivity contribution in [2.45, 2.75) is 0 Å². The molecular weight excluding hydrogens is 412 g/mol. The topological polar surface area (TPSA) is 59.9 Å². The van der Waals surface area contributed by atoms with E-state index in [9.17, 15) is 9.59 Å². The number of aromatic nitrogens is 2. The van der Waals surface area contributed by atoms with Gasteiger partial charge in [-0.05, 0) is 29.0 Å². The highest BCUT2D eigenvalue weighted by Crippen LogP contribution is 2.35. The molecule has 1 aliphatic carbocycles. The number of thiazole rings is 2. The molecule has 6 heteroatoms. The maximum absolute atomic E-state index is 12.9. The highest BCUT2D eigenvalue weighted by Gasteiger charge is 2.33. The van der Waals surface area contributed by atoms with Crippen LogP contribution < -0.4 is 0 Å². The lowest BCUT2D eigenvalue weighted by Gasteiger charge is -2.00. The third kappa shape index (κ3) is 2.65. The number of rotatable bonds is 2. The molecular formula is C24H12N2O2S2. The molecule has 0 saturated heterocycles. The van der Waals surface area contributed by atoms with Crippen LogP contribution in [0.15, 0.2) is 72.3 Å². The van der Waals surface area contributed by atoms with Gasteiger partial charge in [-0.1, -0.05) is 77.3 Å². The first kappa shape index (κ1) is 17.4. The Morgan fingerprint density at radius 3 is 1.93 bits per heavy atom. The Morgan fingerprint density at radius 1 is 0.700 bits per heavy atom. The minimum absolute atomic E-state index is 0.171. The molecule has 0 bridgehead atoms. The second kappa shape index (κ2) is 6.52. The molecule has 0 amide bonds. The van der Waals surface area contributed by atoms with Crippen LogP contribution in [-0.2, 0) is 0 Å². The Bertz CT molecular complexity index is 1440. The Morgan fingerprint density at radius 2 is 1.30 bits per heavy atom. The predicted molar refractivity (Wildman–Crippen MR) is 121 cm³/mol. The van der Waals surface area contributed by atoms with E-state index in [0.29, 0.717) is 16.1 Å². The second-order valence-electron chi connectivity index (χ2n) is 7.01. The zero-order valence-corrected chi connectivity index (χ0v) is 17.1. The van der Waals surface area contributed by atoms with Crippen LogP contribution in [0.5, 0.6) is 0 Å². The van der Waals surface area contributed by atoms with Gasteiger partial charge in [0, 0.05) is 16.7 Å². The van der Waals surface area contributed by atoms with E-state index in [0.717, 1.165) is 31.0 Å². The first-order valence-corrected chi connectivity index (χ1v) is 11.0. The number of hydrogen-bond acceptors (Lipinski definition) is 6. The molecule has 4 nitrogen and oxygen atoms in total. The summed E-state index contributed by atoms with van der Waals surface area (Å²) in [4.78, 5) is 36.7. The molecule has 5 aromatic rings. The van der Waals surface area contributed by atoms with Gasteiger partial charge in [-0.25, -0.2) is 9.97 Å². The number of benzene rings is 3. The third-order valence-corrected chi connectivity index (χ3v) is 7.17.